The van der Waals surface area contributed by atoms with E-state index >= 15 is 0 Å². The summed E-state index contributed by atoms with van der Waals surface area (Å²) in [6.07, 6.45) is -1.54. The van der Waals surface area contributed by atoms with Crippen LogP contribution < -0.4 is 4.74 Å². The molecule has 6 nitrogen and oxygen atoms in total. The molecule has 1 fully saturated rings. The highest BCUT2D eigenvalue weighted by Crippen LogP contribution is 2.54. The molecule has 0 bridgehead atoms. The fourth-order valence-corrected chi connectivity index (χ4v) is 4.43. The Morgan fingerprint density at radius 3 is 2.87 bits per heavy atom. The smallest absolute Gasteiger partial charge is 0.293 e. The zero-order valence-electron chi connectivity index (χ0n) is 12.1. The molecule has 2 aliphatic heterocycles. The van der Waals surface area contributed by atoms with Crippen LogP contribution in [0.2, 0.25) is 0 Å². The van der Waals surface area contributed by atoms with Crippen LogP contribution >= 0.6 is 11.3 Å². The van der Waals surface area contributed by atoms with Gasteiger partial charge in [-0.25, -0.2) is 0 Å². The summed E-state index contributed by atoms with van der Waals surface area (Å²) in [7, 11) is 0. The summed E-state index contributed by atoms with van der Waals surface area (Å²) in [5.74, 6) is 0.181. The van der Waals surface area contributed by atoms with Gasteiger partial charge < -0.3 is 14.6 Å². The molecule has 4 atom stereocenters. The standard InChI is InChI=1S/C16H15NO5S/c18-14-8-11-10-4-1-2-5-12(10)22-15(13-6-3-7-23-13)16(11,9-21-14)17(19)20/h1-7,11,14-15,18H,8-9H2/t11-,14-,15?,16+/m1/s1. The normalized spacial score (nSPS) is 32.5. The third-order valence-corrected chi connectivity index (χ3v) is 5.60. The topological polar surface area (TPSA) is 81.8 Å². The van der Waals surface area contributed by atoms with Crippen molar-refractivity contribution in [3.05, 3.63) is 62.3 Å². The molecule has 2 aliphatic rings. The molecule has 0 radical (unpaired) electrons. The summed E-state index contributed by atoms with van der Waals surface area (Å²) in [5.41, 5.74) is -0.669. The first-order valence-corrected chi connectivity index (χ1v) is 8.24. The molecule has 1 aromatic heterocycles. The van der Waals surface area contributed by atoms with E-state index in [1.54, 1.807) is 0 Å². The molecular weight excluding hydrogens is 318 g/mol. The molecule has 4 rings (SSSR count). The van der Waals surface area contributed by atoms with E-state index in [0.29, 0.717) is 5.75 Å². The van der Waals surface area contributed by atoms with E-state index in [-0.39, 0.29) is 18.0 Å². The van der Waals surface area contributed by atoms with Crippen LogP contribution in [-0.2, 0) is 4.74 Å². The van der Waals surface area contributed by atoms with Crippen molar-refractivity contribution in [2.45, 2.75) is 30.3 Å². The highest BCUT2D eigenvalue weighted by molar-refractivity contribution is 7.10. The first-order chi connectivity index (χ1) is 11.1. The van der Waals surface area contributed by atoms with Crippen molar-refractivity contribution in [2.75, 3.05) is 6.61 Å². The Hall–Kier alpha value is -1.96. The number of hydrogen-bond donors (Lipinski definition) is 1. The molecule has 0 aliphatic carbocycles. The lowest BCUT2D eigenvalue weighted by Crippen LogP contribution is -2.60. The minimum Gasteiger partial charge on any atom is -0.477 e. The molecule has 0 amide bonds. The number of nitro groups is 1. The molecule has 1 N–H and O–H groups in total. The van der Waals surface area contributed by atoms with Gasteiger partial charge in [0.1, 0.15) is 12.4 Å². The average molecular weight is 333 g/mol. The summed E-state index contributed by atoms with van der Waals surface area (Å²) in [4.78, 5) is 12.6. The predicted octanol–water partition coefficient (Wildman–Crippen LogP) is 2.72. The van der Waals surface area contributed by atoms with E-state index < -0.39 is 23.9 Å². The van der Waals surface area contributed by atoms with Gasteiger partial charge in [-0.2, -0.15) is 0 Å². The Kier molecular flexibility index (Phi) is 3.37. The molecule has 120 valence electrons. The number of thiophene rings is 1. The van der Waals surface area contributed by atoms with E-state index in [0.717, 1.165) is 10.4 Å². The largest absolute Gasteiger partial charge is 0.477 e. The Morgan fingerprint density at radius 1 is 1.30 bits per heavy atom. The van der Waals surface area contributed by atoms with Gasteiger partial charge in [0, 0.05) is 16.9 Å². The summed E-state index contributed by atoms with van der Waals surface area (Å²) >= 11 is 1.43. The van der Waals surface area contributed by atoms with Crippen molar-refractivity contribution in [2.24, 2.45) is 0 Å². The third-order valence-electron chi connectivity index (χ3n) is 4.68. The maximum atomic E-state index is 12.1. The van der Waals surface area contributed by atoms with Gasteiger partial charge in [0.05, 0.1) is 10.8 Å². The maximum absolute atomic E-state index is 12.1. The Morgan fingerprint density at radius 2 is 2.13 bits per heavy atom. The minimum atomic E-state index is -1.43. The molecule has 3 heterocycles. The average Bonchev–Trinajstić information content (AvgIpc) is 3.08. The van der Waals surface area contributed by atoms with Crippen LogP contribution in [0, 0.1) is 10.1 Å². The Balaban J connectivity index is 1.92. The second-order valence-corrected chi connectivity index (χ2v) is 6.83. The van der Waals surface area contributed by atoms with Crippen molar-refractivity contribution in [1.29, 1.82) is 0 Å². The SMILES string of the molecule is O=[N+]([O-])[C@@]12CO[C@@H](O)C[C@@H]1c1ccccc1OC2c1cccs1. The van der Waals surface area contributed by atoms with Gasteiger partial charge in [-0.1, -0.05) is 24.3 Å². The fraction of sp³-hybridized carbons (Fsp3) is 0.375. The Bertz CT molecular complexity index is 734. The van der Waals surface area contributed by atoms with Crippen LogP contribution in [0.15, 0.2) is 41.8 Å². The maximum Gasteiger partial charge on any atom is 0.293 e. The van der Waals surface area contributed by atoms with E-state index in [1.165, 1.54) is 11.3 Å². The highest BCUT2D eigenvalue weighted by atomic mass is 32.1. The first-order valence-electron chi connectivity index (χ1n) is 7.36. The number of benzene rings is 1. The van der Waals surface area contributed by atoms with Gasteiger partial charge in [0.2, 0.25) is 6.10 Å². The van der Waals surface area contributed by atoms with Gasteiger partial charge in [-0.15, -0.1) is 11.3 Å². The van der Waals surface area contributed by atoms with Crippen LogP contribution in [0.5, 0.6) is 5.75 Å². The predicted molar refractivity (Wildman–Crippen MR) is 83.2 cm³/mol. The quantitative estimate of drug-likeness (QED) is 0.675. The van der Waals surface area contributed by atoms with E-state index in [2.05, 4.69) is 0 Å². The molecule has 1 unspecified atom stereocenters. The molecule has 2 aromatic rings. The monoisotopic (exact) mass is 333 g/mol. The van der Waals surface area contributed by atoms with Gasteiger partial charge in [-0.3, -0.25) is 10.1 Å². The van der Waals surface area contributed by atoms with Crippen molar-refractivity contribution >= 4 is 11.3 Å². The number of aliphatic hydroxyl groups is 1. The lowest BCUT2D eigenvalue weighted by Gasteiger charge is -2.46. The molecule has 0 spiro atoms. The van der Waals surface area contributed by atoms with Gasteiger partial charge in [0.25, 0.3) is 5.54 Å². The van der Waals surface area contributed by atoms with Gasteiger partial charge in [-0.05, 0) is 17.5 Å². The van der Waals surface area contributed by atoms with Crippen LogP contribution in [0.3, 0.4) is 0 Å². The van der Waals surface area contributed by atoms with Crippen LogP contribution in [0.4, 0.5) is 0 Å². The number of fused-ring (bicyclic) bond motifs is 3. The van der Waals surface area contributed by atoms with Crippen molar-refractivity contribution < 1.29 is 19.5 Å². The third kappa shape index (κ3) is 2.08. The van der Waals surface area contributed by atoms with Crippen LogP contribution in [-0.4, -0.2) is 28.5 Å². The van der Waals surface area contributed by atoms with Crippen LogP contribution in [0.25, 0.3) is 0 Å². The minimum absolute atomic E-state index is 0.178. The zero-order chi connectivity index (χ0) is 16.0. The van der Waals surface area contributed by atoms with Crippen molar-refractivity contribution in [1.82, 2.24) is 0 Å². The summed E-state index contributed by atoms with van der Waals surface area (Å²) in [6, 6.07) is 11.0. The van der Waals surface area contributed by atoms with Gasteiger partial charge in [0.15, 0.2) is 6.29 Å². The molecular formula is C16H15NO5S. The summed E-state index contributed by atoms with van der Waals surface area (Å²) in [5, 5.41) is 23.9. The van der Waals surface area contributed by atoms with E-state index in [1.807, 2.05) is 41.8 Å². The molecule has 7 heteroatoms. The number of para-hydroxylation sites is 1. The van der Waals surface area contributed by atoms with Crippen LogP contribution in [0.1, 0.15) is 28.9 Å². The lowest BCUT2D eigenvalue weighted by atomic mass is 9.70. The molecule has 0 saturated carbocycles. The highest BCUT2D eigenvalue weighted by Gasteiger charge is 2.65. The van der Waals surface area contributed by atoms with E-state index in [9.17, 15) is 15.2 Å². The second-order valence-electron chi connectivity index (χ2n) is 5.85. The number of nitrogens with zero attached hydrogens (tertiary/aromatic N) is 1. The molecule has 1 aromatic carbocycles. The first kappa shape index (κ1) is 14.6. The molecule has 23 heavy (non-hydrogen) atoms. The number of hydrogen-bond acceptors (Lipinski definition) is 6. The lowest BCUT2D eigenvalue weighted by molar-refractivity contribution is -0.602. The van der Waals surface area contributed by atoms with Gasteiger partial charge >= 0.3 is 0 Å². The Labute approximate surface area is 136 Å². The number of ether oxygens (including phenoxy) is 2. The number of rotatable bonds is 2. The van der Waals surface area contributed by atoms with Crippen molar-refractivity contribution in [3.63, 3.8) is 0 Å². The summed E-state index contributed by atoms with van der Waals surface area (Å²) < 4.78 is 11.3. The molecule has 1 saturated heterocycles. The van der Waals surface area contributed by atoms with E-state index in [4.69, 9.17) is 9.47 Å². The second kappa shape index (κ2) is 5.30. The van der Waals surface area contributed by atoms with Crippen molar-refractivity contribution in [3.8, 4) is 5.75 Å². The fourth-order valence-electron chi connectivity index (χ4n) is 3.58. The number of aliphatic hydroxyl groups excluding tert-OH is 1. The summed E-state index contributed by atoms with van der Waals surface area (Å²) in [6.45, 7) is -0.178. The zero-order valence-corrected chi connectivity index (χ0v) is 12.9.